The van der Waals surface area contributed by atoms with Gasteiger partial charge in [0.2, 0.25) is 0 Å². The van der Waals surface area contributed by atoms with E-state index >= 15 is 0 Å². The molecule has 0 spiro atoms. The molecule has 3 nitrogen and oxygen atoms in total. The van der Waals surface area contributed by atoms with Crippen molar-refractivity contribution in [2.45, 2.75) is 25.4 Å². The average Bonchev–Trinajstić information content (AvgIpc) is 2.33. The first-order valence-corrected chi connectivity index (χ1v) is 6.07. The van der Waals surface area contributed by atoms with Crippen molar-refractivity contribution in [1.29, 1.82) is 0 Å². The second-order valence-corrected chi connectivity index (χ2v) is 4.60. The average molecular weight is 238 g/mol. The number of hydrogen-bond acceptors (Lipinski definition) is 3. The van der Waals surface area contributed by atoms with Gasteiger partial charge >= 0.3 is 0 Å². The minimum atomic E-state index is -0.205. The van der Waals surface area contributed by atoms with Crippen LogP contribution in [-0.2, 0) is 0 Å². The number of piperazine rings is 1. The van der Waals surface area contributed by atoms with Crippen LogP contribution in [0.15, 0.2) is 24.3 Å². The van der Waals surface area contributed by atoms with E-state index in [4.69, 9.17) is 5.11 Å². The first-order valence-electron chi connectivity index (χ1n) is 6.07. The monoisotopic (exact) mass is 238 g/mol. The Morgan fingerprint density at radius 1 is 1.41 bits per heavy atom. The van der Waals surface area contributed by atoms with Crippen LogP contribution in [0.4, 0.5) is 10.1 Å². The number of nitrogens with one attached hydrogen (secondary N) is 1. The number of aliphatic hydroxyl groups is 1. The number of hydrogen-bond donors (Lipinski definition) is 2. The van der Waals surface area contributed by atoms with Gasteiger partial charge in [0.1, 0.15) is 5.82 Å². The van der Waals surface area contributed by atoms with Gasteiger partial charge in [0.15, 0.2) is 0 Å². The summed E-state index contributed by atoms with van der Waals surface area (Å²) in [6.07, 6.45) is 0.754. The van der Waals surface area contributed by atoms with E-state index in [1.807, 2.05) is 12.1 Å². The summed E-state index contributed by atoms with van der Waals surface area (Å²) in [4.78, 5) is 2.26. The Labute approximate surface area is 101 Å². The van der Waals surface area contributed by atoms with Crippen LogP contribution in [0.25, 0.3) is 0 Å². The quantitative estimate of drug-likeness (QED) is 0.835. The molecular formula is C13H19FN2O. The number of nitrogens with zero attached hydrogens (tertiary/aromatic N) is 1. The Kier molecular flexibility index (Phi) is 3.97. The Morgan fingerprint density at radius 3 is 2.76 bits per heavy atom. The van der Waals surface area contributed by atoms with Crippen molar-refractivity contribution >= 4 is 5.69 Å². The van der Waals surface area contributed by atoms with Gasteiger partial charge in [0, 0.05) is 37.5 Å². The van der Waals surface area contributed by atoms with Crippen molar-refractivity contribution in [2.24, 2.45) is 0 Å². The maximum atomic E-state index is 12.9. The lowest BCUT2D eigenvalue weighted by molar-refractivity contribution is 0.254. The molecule has 0 aromatic heterocycles. The minimum absolute atomic E-state index is 0.198. The van der Waals surface area contributed by atoms with E-state index in [0.29, 0.717) is 12.1 Å². The number of aliphatic hydroxyl groups excluding tert-OH is 1. The number of anilines is 1. The third-order valence-electron chi connectivity index (χ3n) is 3.29. The molecule has 2 atom stereocenters. The van der Waals surface area contributed by atoms with Crippen molar-refractivity contribution in [3.8, 4) is 0 Å². The molecule has 1 heterocycles. The molecule has 17 heavy (non-hydrogen) atoms. The Morgan fingerprint density at radius 2 is 2.12 bits per heavy atom. The number of benzene rings is 1. The summed E-state index contributed by atoms with van der Waals surface area (Å²) < 4.78 is 12.9. The van der Waals surface area contributed by atoms with Gasteiger partial charge in [-0.05, 0) is 37.6 Å². The summed E-state index contributed by atoms with van der Waals surface area (Å²) in [6, 6.07) is 7.30. The number of halogens is 1. The molecule has 1 aliphatic heterocycles. The molecule has 1 saturated heterocycles. The Hall–Kier alpha value is -1.13. The molecule has 0 amide bonds. The normalized spacial score (nSPS) is 25.0. The SMILES string of the molecule is CC1CNC(CCO)CN1c1ccc(F)cc1. The Balaban J connectivity index is 2.09. The maximum absolute atomic E-state index is 12.9. The summed E-state index contributed by atoms with van der Waals surface area (Å²) in [6.45, 7) is 4.09. The van der Waals surface area contributed by atoms with E-state index in [1.54, 1.807) is 0 Å². The second-order valence-electron chi connectivity index (χ2n) is 4.60. The first-order chi connectivity index (χ1) is 8.20. The van der Waals surface area contributed by atoms with Crippen molar-refractivity contribution in [2.75, 3.05) is 24.6 Å². The van der Waals surface area contributed by atoms with E-state index in [0.717, 1.165) is 25.2 Å². The van der Waals surface area contributed by atoms with Crippen molar-refractivity contribution in [1.82, 2.24) is 5.32 Å². The molecule has 4 heteroatoms. The maximum Gasteiger partial charge on any atom is 0.123 e. The molecule has 2 rings (SSSR count). The van der Waals surface area contributed by atoms with Gasteiger partial charge in [0.05, 0.1) is 0 Å². The van der Waals surface area contributed by atoms with Gasteiger partial charge in [0.25, 0.3) is 0 Å². The minimum Gasteiger partial charge on any atom is -0.396 e. The fourth-order valence-corrected chi connectivity index (χ4v) is 2.27. The molecule has 1 aliphatic rings. The third kappa shape index (κ3) is 2.96. The summed E-state index contributed by atoms with van der Waals surface area (Å²) in [7, 11) is 0. The largest absolute Gasteiger partial charge is 0.396 e. The molecule has 94 valence electrons. The predicted molar refractivity (Wildman–Crippen MR) is 66.7 cm³/mol. The third-order valence-corrected chi connectivity index (χ3v) is 3.29. The van der Waals surface area contributed by atoms with E-state index in [1.165, 1.54) is 12.1 Å². The van der Waals surface area contributed by atoms with Crippen LogP contribution in [0.2, 0.25) is 0 Å². The van der Waals surface area contributed by atoms with Crippen molar-refractivity contribution in [3.05, 3.63) is 30.1 Å². The fraction of sp³-hybridized carbons (Fsp3) is 0.538. The first kappa shape index (κ1) is 12.3. The van der Waals surface area contributed by atoms with Crippen molar-refractivity contribution < 1.29 is 9.50 Å². The Bertz CT molecular complexity index is 355. The lowest BCUT2D eigenvalue weighted by Gasteiger charge is -2.40. The van der Waals surface area contributed by atoms with Gasteiger partial charge < -0.3 is 15.3 Å². The summed E-state index contributed by atoms with van der Waals surface area (Å²) in [5, 5.41) is 12.4. The molecule has 0 saturated carbocycles. The van der Waals surface area contributed by atoms with E-state index in [2.05, 4.69) is 17.1 Å². The van der Waals surface area contributed by atoms with Crippen LogP contribution in [0, 0.1) is 5.82 Å². The van der Waals surface area contributed by atoms with Gasteiger partial charge in [-0.1, -0.05) is 0 Å². The highest BCUT2D eigenvalue weighted by molar-refractivity contribution is 5.48. The van der Waals surface area contributed by atoms with Gasteiger partial charge in [-0.25, -0.2) is 4.39 Å². The zero-order valence-corrected chi connectivity index (χ0v) is 10.1. The standard InChI is InChI=1S/C13H19FN2O/c1-10-8-15-12(6-7-17)9-16(10)13-4-2-11(14)3-5-13/h2-5,10,12,15,17H,6-9H2,1H3. The van der Waals surface area contributed by atoms with Gasteiger partial charge in [-0.2, -0.15) is 0 Å². The molecule has 0 aliphatic carbocycles. The molecule has 1 fully saturated rings. The van der Waals surface area contributed by atoms with E-state index in [-0.39, 0.29) is 12.4 Å². The molecular weight excluding hydrogens is 219 g/mol. The summed E-state index contributed by atoms with van der Waals surface area (Å²) in [5.74, 6) is -0.205. The predicted octanol–water partition coefficient (Wildman–Crippen LogP) is 1.37. The lowest BCUT2D eigenvalue weighted by Crippen LogP contribution is -2.55. The molecule has 1 aromatic carbocycles. The smallest absolute Gasteiger partial charge is 0.123 e. The van der Waals surface area contributed by atoms with Crippen LogP contribution < -0.4 is 10.2 Å². The molecule has 2 N–H and O–H groups in total. The summed E-state index contributed by atoms with van der Waals surface area (Å²) >= 11 is 0. The second kappa shape index (κ2) is 5.47. The van der Waals surface area contributed by atoms with Gasteiger partial charge in [-0.3, -0.25) is 0 Å². The fourth-order valence-electron chi connectivity index (χ4n) is 2.27. The van der Waals surface area contributed by atoms with Crippen LogP contribution >= 0.6 is 0 Å². The van der Waals surface area contributed by atoms with Crippen LogP contribution in [0.5, 0.6) is 0 Å². The van der Waals surface area contributed by atoms with Crippen LogP contribution in [0.3, 0.4) is 0 Å². The highest BCUT2D eigenvalue weighted by Crippen LogP contribution is 2.20. The lowest BCUT2D eigenvalue weighted by atomic mass is 10.1. The van der Waals surface area contributed by atoms with E-state index in [9.17, 15) is 4.39 Å². The molecule has 0 bridgehead atoms. The molecule has 2 unspecified atom stereocenters. The molecule has 1 aromatic rings. The van der Waals surface area contributed by atoms with Gasteiger partial charge in [-0.15, -0.1) is 0 Å². The summed E-state index contributed by atoms with van der Waals surface area (Å²) in [5.41, 5.74) is 1.04. The topological polar surface area (TPSA) is 35.5 Å². The zero-order valence-electron chi connectivity index (χ0n) is 10.1. The van der Waals surface area contributed by atoms with Crippen LogP contribution in [-0.4, -0.2) is 36.9 Å². The van der Waals surface area contributed by atoms with Crippen LogP contribution in [0.1, 0.15) is 13.3 Å². The van der Waals surface area contributed by atoms with Crippen molar-refractivity contribution in [3.63, 3.8) is 0 Å². The highest BCUT2D eigenvalue weighted by atomic mass is 19.1. The van der Waals surface area contributed by atoms with E-state index < -0.39 is 0 Å². The zero-order chi connectivity index (χ0) is 12.3. The number of rotatable bonds is 3. The molecule has 0 radical (unpaired) electrons. The highest BCUT2D eigenvalue weighted by Gasteiger charge is 2.24.